The number of aliphatic hydroxyl groups excluding tert-OH is 1. The molecule has 0 amide bonds. The Bertz CT molecular complexity index is 518. The van der Waals surface area contributed by atoms with E-state index in [1.807, 2.05) is 0 Å². The number of oxime groups is 1. The molecule has 3 nitrogen and oxygen atoms in total. The number of hydrogen-bond acceptors (Lipinski definition) is 3. The fraction of sp³-hybridized carbons (Fsp3) is 0.950. The Morgan fingerprint density at radius 3 is 2.48 bits per heavy atom. The van der Waals surface area contributed by atoms with E-state index in [9.17, 15) is 10.3 Å². The van der Waals surface area contributed by atoms with Crippen LogP contribution in [0, 0.1) is 40.4 Å². The van der Waals surface area contributed by atoms with E-state index in [-0.39, 0.29) is 11.5 Å². The van der Waals surface area contributed by atoms with Crippen molar-refractivity contribution in [2.75, 3.05) is 0 Å². The Morgan fingerprint density at radius 2 is 1.74 bits per heavy atom. The number of hydrogen-bond donors (Lipinski definition) is 2. The molecule has 4 saturated carbocycles. The summed E-state index contributed by atoms with van der Waals surface area (Å²) >= 11 is 0. The van der Waals surface area contributed by atoms with Crippen molar-refractivity contribution in [1.82, 2.24) is 0 Å². The molecule has 4 fully saturated rings. The first-order valence-electron chi connectivity index (χ1n) is 9.79. The molecule has 0 heterocycles. The summed E-state index contributed by atoms with van der Waals surface area (Å²) < 4.78 is 0. The fourth-order valence-electron chi connectivity index (χ4n) is 7.53. The molecule has 0 spiro atoms. The third kappa shape index (κ3) is 2.08. The highest BCUT2D eigenvalue weighted by atomic mass is 16.4. The third-order valence-corrected chi connectivity index (χ3v) is 8.91. The van der Waals surface area contributed by atoms with Crippen molar-refractivity contribution in [2.24, 2.45) is 45.6 Å². The van der Waals surface area contributed by atoms with Gasteiger partial charge in [0.05, 0.1) is 11.8 Å². The molecule has 0 bridgehead atoms. The van der Waals surface area contributed by atoms with Crippen LogP contribution in [0.3, 0.4) is 0 Å². The van der Waals surface area contributed by atoms with Crippen molar-refractivity contribution in [1.29, 1.82) is 0 Å². The van der Waals surface area contributed by atoms with Gasteiger partial charge in [0.25, 0.3) is 0 Å². The minimum Gasteiger partial charge on any atom is -0.411 e. The van der Waals surface area contributed by atoms with Gasteiger partial charge < -0.3 is 10.3 Å². The molecule has 8 atom stereocenters. The van der Waals surface area contributed by atoms with E-state index in [1.165, 1.54) is 38.5 Å². The standard InChI is InChI=1S/C20H33NO2/c1-12-11-20(3)13(10-17(12)21-23)4-5-14-15-6-7-18(22)19(15,2)9-8-16(14)20/h12-16,18,22-23H,4-11H2,1-3H3/b21-17-/t12-,13-,14+,15-,16-,18+,19+,20+/m1/s1. The van der Waals surface area contributed by atoms with Crippen molar-refractivity contribution in [2.45, 2.75) is 78.2 Å². The summed E-state index contributed by atoms with van der Waals surface area (Å²) in [6.45, 7) is 7.14. The molecule has 0 radical (unpaired) electrons. The summed E-state index contributed by atoms with van der Waals surface area (Å²) in [5.74, 6) is 3.47. The molecule has 0 aromatic carbocycles. The highest BCUT2D eigenvalue weighted by Crippen LogP contribution is 2.66. The van der Waals surface area contributed by atoms with E-state index in [0.29, 0.717) is 17.3 Å². The summed E-state index contributed by atoms with van der Waals surface area (Å²) in [6.07, 6.45) is 9.47. The van der Waals surface area contributed by atoms with E-state index in [0.717, 1.165) is 36.3 Å². The molecular formula is C20H33NO2. The van der Waals surface area contributed by atoms with Gasteiger partial charge in [-0.2, -0.15) is 0 Å². The van der Waals surface area contributed by atoms with Crippen LogP contribution in [0.25, 0.3) is 0 Å². The topological polar surface area (TPSA) is 52.8 Å². The monoisotopic (exact) mass is 319 g/mol. The van der Waals surface area contributed by atoms with E-state index < -0.39 is 0 Å². The minimum absolute atomic E-state index is 0.0719. The summed E-state index contributed by atoms with van der Waals surface area (Å²) in [7, 11) is 0. The van der Waals surface area contributed by atoms with Crippen LogP contribution < -0.4 is 0 Å². The lowest BCUT2D eigenvalue weighted by Gasteiger charge is -2.61. The van der Waals surface area contributed by atoms with Crippen LogP contribution in [0.5, 0.6) is 0 Å². The van der Waals surface area contributed by atoms with Gasteiger partial charge in [-0.3, -0.25) is 0 Å². The number of fused-ring (bicyclic) bond motifs is 5. The Balaban J connectivity index is 1.63. The SMILES string of the molecule is C[C@@H]1C[C@@]2(C)[C@H](CC[C@@H]3[C@H]2CC[C@@]2(C)[C@@H]3CC[C@@H]2O)C/C1=N/O. The summed E-state index contributed by atoms with van der Waals surface area (Å²) in [5, 5.41) is 23.5. The second-order valence-corrected chi connectivity index (χ2v) is 9.70. The molecule has 3 heteroatoms. The highest BCUT2D eigenvalue weighted by molar-refractivity contribution is 5.87. The average Bonchev–Trinajstić information content (AvgIpc) is 2.82. The number of aliphatic hydroxyl groups is 1. The Morgan fingerprint density at radius 1 is 1.00 bits per heavy atom. The van der Waals surface area contributed by atoms with E-state index in [1.54, 1.807) is 0 Å². The fourth-order valence-corrected chi connectivity index (χ4v) is 7.53. The van der Waals surface area contributed by atoms with Crippen LogP contribution in [0.15, 0.2) is 5.16 Å². The first kappa shape index (κ1) is 15.9. The first-order chi connectivity index (χ1) is 10.9. The molecular weight excluding hydrogens is 286 g/mol. The van der Waals surface area contributed by atoms with Crippen LogP contribution >= 0.6 is 0 Å². The van der Waals surface area contributed by atoms with Gasteiger partial charge in [-0.25, -0.2) is 0 Å². The van der Waals surface area contributed by atoms with E-state index in [2.05, 4.69) is 25.9 Å². The van der Waals surface area contributed by atoms with Crippen LogP contribution in [0.2, 0.25) is 0 Å². The molecule has 4 aliphatic carbocycles. The van der Waals surface area contributed by atoms with Crippen molar-refractivity contribution in [3.63, 3.8) is 0 Å². The summed E-state index contributed by atoms with van der Waals surface area (Å²) in [4.78, 5) is 0. The normalized spacial score (nSPS) is 57.7. The zero-order valence-corrected chi connectivity index (χ0v) is 15.0. The first-order valence-corrected chi connectivity index (χ1v) is 9.79. The Kier molecular flexibility index (Phi) is 3.61. The molecule has 0 unspecified atom stereocenters. The zero-order valence-electron chi connectivity index (χ0n) is 15.0. The van der Waals surface area contributed by atoms with Crippen LogP contribution in [-0.2, 0) is 0 Å². The van der Waals surface area contributed by atoms with Gasteiger partial charge in [-0.05, 0) is 91.8 Å². The highest BCUT2D eigenvalue weighted by Gasteiger charge is 2.60. The Hall–Kier alpha value is -0.570. The molecule has 23 heavy (non-hydrogen) atoms. The lowest BCUT2D eigenvalue weighted by atomic mass is 9.44. The lowest BCUT2D eigenvalue weighted by Crippen LogP contribution is -2.55. The van der Waals surface area contributed by atoms with Crippen LogP contribution in [-0.4, -0.2) is 22.1 Å². The summed E-state index contributed by atoms with van der Waals surface area (Å²) in [6, 6.07) is 0. The van der Waals surface area contributed by atoms with Crippen molar-refractivity contribution < 1.29 is 10.3 Å². The predicted octanol–water partition coefficient (Wildman–Crippen LogP) is 4.47. The maximum absolute atomic E-state index is 10.5. The quantitative estimate of drug-likeness (QED) is 0.511. The van der Waals surface area contributed by atoms with Gasteiger partial charge >= 0.3 is 0 Å². The lowest BCUT2D eigenvalue weighted by molar-refractivity contribution is -0.116. The Labute approximate surface area is 140 Å². The van der Waals surface area contributed by atoms with Gasteiger partial charge in [0.1, 0.15) is 0 Å². The number of rotatable bonds is 0. The molecule has 4 aliphatic rings. The van der Waals surface area contributed by atoms with E-state index >= 15 is 0 Å². The van der Waals surface area contributed by atoms with Crippen molar-refractivity contribution in [3.8, 4) is 0 Å². The summed E-state index contributed by atoms with van der Waals surface area (Å²) in [5.41, 5.74) is 1.62. The molecule has 0 aromatic heterocycles. The molecule has 0 saturated heterocycles. The van der Waals surface area contributed by atoms with Crippen molar-refractivity contribution in [3.05, 3.63) is 0 Å². The van der Waals surface area contributed by atoms with Gasteiger partial charge in [0.15, 0.2) is 0 Å². The van der Waals surface area contributed by atoms with Crippen LogP contribution in [0.1, 0.15) is 72.1 Å². The van der Waals surface area contributed by atoms with Gasteiger partial charge in [0.2, 0.25) is 0 Å². The van der Waals surface area contributed by atoms with Crippen LogP contribution in [0.4, 0.5) is 0 Å². The third-order valence-electron chi connectivity index (χ3n) is 8.91. The molecule has 0 aromatic rings. The molecule has 130 valence electrons. The smallest absolute Gasteiger partial charge is 0.0602 e. The molecule has 2 N–H and O–H groups in total. The average molecular weight is 319 g/mol. The molecule has 0 aliphatic heterocycles. The van der Waals surface area contributed by atoms with Gasteiger partial charge in [0, 0.05) is 0 Å². The molecule has 4 rings (SSSR count). The maximum Gasteiger partial charge on any atom is 0.0602 e. The van der Waals surface area contributed by atoms with Gasteiger partial charge in [-0.1, -0.05) is 25.9 Å². The zero-order chi connectivity index (χ0) is 16.4. The number of nitrogens with zero attached hydrogens (tertiary/aromatic N) is 1. The second-order valence-electron chi connectivity index (χ2n) is 9.70. The van der Waals surface area contributed by atoms with E-state index in [4.69, 9.17) is 0 Å². The second kappa shape index (κ2) is 5.21. The predicted molar refractivity (Wildman–Crippen MR) is 91.5 cm³/mol. The van der Waals surface area contributed by atoms with Crippen molar-refractivity contribution >= 4 is 5.71 Å². The van der Waals surface area contributed by atoms with Gasteiger partial charge in [-0.15, -0.1) is 0 Å². The minimum atomic E-state index is -0.0719. The maximum atomic E-state index is 10.5. The largest absolute Gasteiger partial charge is 0.411 e.